The molecule has 2 spiro atoms. The second kappa shape index (κ2) is 61.0. The molecular formula is C110H198O38. The van der Waals surface area contributed by atoms with Crippen molar-refractivity contribution in [2.45, 2.75) is 631 Å². The van der Waals surface area contributed by atoms with Gasteiger partial charge in [-0.05, 0) is 147 Å². The smallest absolute Gasteiger partial charge is 0.186 e. The third-order valence-corrected chi connectivity index (χ3v) is 34.2. The normalized spacial score (nSPS) is 41.1. The average Bonchev–Trinajstić information content (AvgIpc) is 1.56. The van der Waals surface area contributed by atoms with Crippen LogP contribution in [0.2, 0.25) is 0 Å². The first-order valence-electron chi connectivity index (χ1n) is 56.9. The number of rotatable bonds is 61. The molecule has 50 atom stereocenters. The Labute approximate surface area is 877 Å². The van der Waals surface area contributed by atoms with Crippen LogP contribution in [-0.2, 0) is 56.8 Å². The fourth-order valence-electron chi connectivity index (χ4n) is 25.2. The Hall–Kier alpha value is -2.04. The van der Waals surface area contributed by atoms with Gasteiger partial charge in [-0.3, -0.25) is 0 Å². The van der Waals surface area contributed by atoms with Crippen molar-refractivity contribution >= 4 is 0 Å². The average molecular weight is 2130 g/mol. The number of ether oxygens (including phenoxy) is 12. The summed E-state index contributed by atoms with van der Waals surface area (Å²) >= 11 is 0. The maximum atomic E-state index is 12.5. The van der Waals surface area contributed by atoms with Gasteiger partial charge in [0, 0.05) is 102 Å². The molecule has 0 aliphatic carbocycles. The number of unbranched alkanes of at least 4 members (excludes halogenated alkanes) is 11. The summed E-state index contributed by atoms with van der Waals surface area (Å²) in [6.07, 6.45) is -29.1. The monoisotopic (exact) mass is 2130 g/mol. The number of hydrogen-bond donors (Lipinski definition) is 26. The van der Waals surface area contributed by atoms with E-state index >= 15 is 0 Å². The van der Waals surface area contributed by atoms with E-state index in [0.717, 1.165) is 51.4 Å². The standard InChI is InChI=1S/C110H198O38/c1-11-13-15-17-18-19-20-21-22-23-25-30-79(118)80(119)51-77-46-72(116)59-109(146-77)39-40-110(148-109)65(7)35-37-74(147-110)45-71(115)47-81(120)90-55-84(123)95(129)98(132)93(141-90)56-85(124)102-97(131)83(122)50-76(139-102)44-68(112)36-38-75-49-86(125)103(136)107(9,144-75)57-73(117)58-108(10)104(143-105-100(134)96(130)88(127)60-137-105)87(126)52-78(145-108)53-91-92(142-106-101(135)99(133)94(128)66(8)138-106)54-82(121)89(140-91)48-67(111)29-26-28-63(5)41-69(113)43-70(114)42-64(6)34-33-62(4)32-31-61(3)27-24-16-14-12-2/h11-12,61-106,111-136H,1-2,13-60H2,3-10H3. The minimum absolute atomic E-state index is 0.0165. The van der Waals surface area contributed by atoms with Gasteiger partial charge in [0.2, 0.25) is 0 Å². The molecule has 10 rings (SSSR count). The summed E-state index contributed by atoms with van der Waals surface area (Å²) in [5, 5.41) is 297. The van der Waals surface area contributed by atoms with Crippen LogP contribution in [0.15, 0.2) is 25.3 Å². The van der Waals surface area contributed by atoms with E-state index in [1.807, 2.05) is 26.0 Å². The molecule has 50 unspecified atom stereocenters. The van der Waals surface area contributed by atoms with Gasteiger partial charge < -0.3 is 190 Å². The fraction of sp³-hybridized carbons (Fsp3) is 0.964. The summed E-state index contributed by atoms with van der Waals surface area (Å²) in [4.78, 5) is 0. The molecule has 38 heteroatoms. The molecule has 0 aromatic carbocycles. The summed E-state index contributed by atoms with van der Waals surface area (Å²) in [5.74, 6) is -0.933. The van der Waals surface area contributed by atoms with Crippen molar-refractivity contribution < 1.29 is 190 Å². The van der Waals surface area contributed by atoms with E-state index in [-0.39, 0.29) is 115 Å². The molecule has 10 aliphatic rings. The van der Waals surface area contributed by atoms with Gasteiger partial charge in [0.15, 0.2) is 24.2 Å². The summed E-state index contributed by atoms with van der Waals surface area (Å²) in [6.45, 7) is 22.3. The zero-order valence-electron chi connectivity index (χ0n) is 89.6. The Morgan fingerprint density at radius 1 is 0.378 bits per heavy atom. The van der Waals surface area contributed by atoms with Crippen molar-refractivity contribution in [1.82, 2.24) is 0 Å². The molecule has 0 saturated carbocycles. The van der Waals surface area contributed by atoms with Crippen molar-refractivity contribution in [2.24, 2.45) is 29.6 Å². The van der Waals surface area contributed by atoms with Gasteiger partial charge in [-0.1, -0.05) is 150 Å². The predicted octanol–water partition coefficient (Wildman–Crippen LogP) is 4.97. The lowest BCUT2D eigenvalue weighted by Crippen LogP contribution is -2.64. The molecule has 0 radical (unpaired) electrons. The van der Waals surface area contributed by atoms with E-state index in [1.165, 1.54) is 85.0 Å². The maximum Gasteiger partial charge on any atom is 0.186 e. The van der Waals surface area contributed by atoms with E-state index < -0.39 is 306 Å². The molecule has 148 heavy (non-hydrogen) atoms. The highest BCUT2D eigenvalue weighted by Gasteiger charge is 2.61. The third kappa shape index (κ3) is 38.1. The van der Waals surface area contributed by atoms with Crippen LogP contribution >= 0.6 is 0 Å². The minimum Gasteiger partial charge on any atom is -0.393 e. The van der Waals surface area contributed by atoms with Crippen LogP contribution in [0.4, 0.5) is 0 Å². The predicted molar refractivity (Wildman–Crippen MR) is 542 cm³/mol. The lowest BCUT2D eigenvalue weighted by Gasteiger charge is -2.51. The Balaban J connectivity index is 0.708. The third-order valence-electron chi connectivity index (χ3n) is 34.2. The van der Waals surface area contributed by atoms with Crippen LogP contribution in [0.25, 0.3) is 0 Å². The Morgan fingerprint density at radius 2 is 0.953 bits per heavy atom. The van der Waals surface area contributed by atoms with Gasteiger partial charge in [0.05, 0.1) is 183 Å². The highest BCUT2D eigenvalue weighted by molar-refractivity contribution is 5.06. The number of hydrogen-bond acceptors (Lipinski definition) is 38. The topological polar surface area (TPSA) is 637 Å². The number of allylic oxidation sites excluding steroid dienone is 2. The second-order valence-corrected chi connectivity index (χ2v) is 47.9. The van der Waals surface area contributed by atoms with Crippen LogP contribution in [-0.4, -0.2) is 413 Å². The molecule has 10 fully saturated rings. The summed E-state index contributed by atoms with van der Waals surface area (Å²) < 4.78 is 77.0. The Kier molecular flexibility index (Phi) is 52.6. The van der Waals surface area contributed by atoms with E-state index in [2.05, 4.69) is 33.9 Å². The SMILES string of the molecule is C=CCCCCCCCCCCCC(O)C(O)CC1CC(O)CC2(CCC3(OC(CC(O)CC(O)C4CC(O)C(O)C(O)C(CC(O)C5OC(CC(O)CCC6CC(O)C(O)C(C)(CC(O)CC7(C)OC(CC8OC(CC(O)CCCC(C)CC(O)CC(O)CC(C)CCC(C)CCC(C)CCCCC=C)C(O)CC8OC8OC(C)C(O)C(O)C8O)CC(O)C7OC7OCC(O)C(O)C7O)O6)CC(O)C5O)O4)CCC3C)O2)O1. The minimum atomic E-state index is -1.89. The fourth-order valence-corrected chi connectivity index (χ4v) is 25.2. The first-order chi connectivity index (χ1) is 70.0. The zero-order chi connectivity index (χ0) is 108. The molecule has 26 N–H and O–H groups in total. The van der Waals surface area contributed by atoms with Crippen molar-refractivity contribution in [2.75, 3.05) is 6.61 Å². The summed E-state index contributed by atoms with van der Waals surface area (Å²) in [7, 11) is 0. The Morgan fingerprint density at radius 3 is 1.64 bits per heavy atom. The second-order valence-electron chi connectivity index (χ2n) is 47.9. The molecule has 0 aromatic rings. The molecule has 0 bridgehead atoms. The van der Waals surface area contributed by atoms with Crippen molar-refractivity contribution in [1.29, 1.82) is 0 Å². The first-order valence-corrected chi connectivity index (χ1v) is 56.9. The van der Waals surface area contributed by atoms with Crippen molar-refractivity contribution in [3.63, 3.8) is 0 Å². The molecule has 10 saturated heterocycles. The molecular weight excluding hydrogens is 1930 g/mol. The van der Waals surface area contributed by atoms with Gasteiger partial charge in [-0.2, -0.15) is 0 Å². The lowest BCUT2D eigenvalue weighted by molar-refractivity contribution is -0.380. The highest BCUT2D eigenvalue weighted by Crippen LogP contribution is 2.54. The molecule has 866 valence electrons. The van der Waals surface area contributed by atoms with Crippen LogP contribution in [0.5, 0.6) is 0 Å². The molecule has 10 aliphatic heterocycles. The Bertz CT molecular complexity index is 3690. The van der Waals surface area contributed by atoms with Crippen LogP contribution in [0.3, 0.4) is 0 Å². The quantitative estimate of drug-likeness (QED) is 0.0282. The maximum absolute atomic E-state index is 12.5. The van der Waals surface area contributed by atoms with Crippen LogP contribution in [0.1, 0.15) is 357 Å². The first kappa shape index (κ1) is 128. The van der Waals surface area contributed by atoms with E-state index in [1.54, 1.807) is 0 Å². The number of aliphatic hydroxyl groups excluding tert-OH is 26. The highest BCUT2D eigenvalue weighted by atomic mass is 16.8. The van der Waals surface area contributed by atoms with Gasteiger partial charge >= 0.3 is 0 Å². The van der Waals surface area contributed by atoms with Crippen molar-refractivity contribution in [3.8, 4) is 0 Å². The summed E-state index contributed by atoms with van der Waals surface area (Å²) in [5.41, 5.74) is -3.62. The zero-order valence-corrected chi connectivity index (χ0v) is 89.6. The number of aliphatic hydroxyl groups is 26. The van der Waals surface area contributed by atoms with Crippen LogP contribution in [0, 0.1) is 29.6 Å². The lowest BCUT2D eigenvalue weighted by atomic mass is 9.78. The van der Waals surface area contributed by atoms with Gasteiger partial charge in [0.25, 0.3) is 0 Å². The largest absolute Gasteiger partial charge is 0.393 e. The van der Waals surface area contributed by atoms with E-state index in [4.69, 9.17) is 56.8 Å². The molecule has 0 amide bonds. The van der Waals surface area contributed by atoms with E-state index in [0.29, 0.717) is 75.5 Å². The van der Waals surface area contributed by atoms with Gasteiger partial charge in [-0.25, -0.2) is 0 Å². The molecule has 10 heterocycles. The summed E-state index contributed by atoms with van der Waals surface area (Å²) in [6, 6.07) is 0. The molecule has 38 nitrogen and oxygen atoms in total. The molecule has 0 aromatic heterocycles. The van der Waals surface area contributed by atoms with Crippen LogP contribution < -0.4 is 0 Å². The van der Waals surface area contributed by atoms with Crippen molar-refractivity contribution in [3.05, 3.63) is 25.3 Å². The van der Waals surface area contributed by atoms with E-state index in [9.17, 15) is 133 Å². The van der Waals surface area contributed by atoms with Gasteiger partial charge in [0.1, 0.15) is 73.2 Å². The van der Waals surface area contributed by atoms with Gasteiger partial charge in [-0.15, -0.1) is 13.2 Å².